The average molecular weight is 405 g/mol. The van der Waals surface area contributed by atoms with E-state index in [9.17, 15) is 5.11 Å². The number of phenols is 1. The first-order valence-corrected chi connectivity index (χ1v) is 9.24. The molecule has 0 amide bonds. The van der Waals surface area contributed by atoms with Crippen molar-refractivity contribution < 1.29 is 5.11 Å². The van der Waals surface area contributed by atoms with Crippen molar-refractivity contribution in [3.63, 3.8) is 0 Å². The molecule has 128 valence electrons. The Kier molecular flexibility index (Phi) is 4.67. The van der Waals surface area contributed by atoms with Crippen LogP contribution >= 0.6 is 15.9 Å². The number of rotatable bonds is 3. The van der Waals surface area contributed by atoms with Gasteiger partial charge in [-0.3, -0.25) is 4.99 Å². The number of aliphatic imine (C=N–C) groups is 2. The van der Waals surface area contributed by atoms with Crippen molar-refractivity contribution in [3.8, 4) is 5.75 Å². The number of phenolic OH excluding ortho intramolecular Hbond substituents is 1. The molecule has 1 heterocycles. The summed E-state index contributed by atoms with van der Waals surface area (Å²) in [6, 6.07) is 25.5. The van der Waals surface area contributed by atoms with Crippen LogP contribution in [0.4, 0.5) is 0 Å². The summed E-state index contributed by atoms with van der Waals surface area (Å²) in [6.45, 7) is 0. The van der Waals surface area contributed by atoms with E-state index in [2.05, 4.69) is 28.1 Å². The number of nitrogens with zero attached hydrogens (tertiary/aromatic N) is 2. The molecule has 0 radical (unpaired) electrons. The lowest BCUT2D eigenvalue weighted by Crippen LogP contribution is -2.17. The minimum absolute atomic E-state index is 0.0162. The molecule has 1 aliphatic rings. The Hall–Kier alpha value is -2.72. The van der Waals surface area contributed by atoms with Crippen LogP contribution in [0.15, 0.2) is 93.3 Å². The van der Waals surface area contributed by atoms with E-state index in [1.54, 1.807) is 12.1 Å². The molecule has 1 unspecified atom stereocenters. The van der Waals surface area contributed by atoms with E-state index in [0.717, 1.165) is 32.7 Å². The first-order valence-electron chi connectivity index (χ1n) is 8.45. The quantitative estimate of drug-likeness (QED) is 0.612. The molecule has 0 fully saturated rings. The van der Waals surface area contributed by atoms with Crippen LogP contribution in [0.25, 0.3) is 0 Å². The van der Waals surface area contributed by atoms with Gasteiger partial charge in [0.1, 0.15) is 5.75 Å². The van der Waals surface area contributed by atoms with Crippen LogP contribution in [0, 0.1) is 0 Å². The number of benzene rings is 3. The SMILES string of the molecule is Oc1cccc(C2=NC(c3ccccc3)=NC(c3cccc(Br)c3)C2)c1. The largest absolute Gasteiger partial charge is 0.508 e. The molecular formula is C22H17BrN2O. The van der Waals surface area contributed by atoms with Gasteiger partial charge in [-0.25, -0.2) is 4.99 Å². The summed E-state index contributed by atoms with van der Waals surface area (Å²) in [5.74, 6) is 0.966. The van der Waals surface area contributed by atoms with Crippen LogP contribution in [-0.2, 0) is 0 Å². The second kappa shape index (κ2) is 7.26. The Morgan fingerprint density at radius 3 is 2.38 bits per heavy atom. The molecule has 26 heavy (non-hydrogen) atoms. The van der Waals surface area contributed by atoms with Crippen LogP contribution in [-0.4, -0.2) is 16.7 Å². The summed E-state index contributed by atoms with van der Waals surface area (Å²) in [4.78, 5) is 9.71. The van der Waals surface area contributed by atoms with Crippen LogP contribution in [0.5, 0.6) is 5.75 Å². The standard InChI is InChI=1S/C22H17BrN2O/c23-18-10-4-8-16(12-18)20-14-21(17-9-5-11-19(26)13-17)25-22(24-20)15-6-2-1-3-7-15/h1-13,20,26H,14H2. The number of halogens is 1. The zero-order valence-corrected chi connectivity index (χ0v) is 15.6. The maximum atomic E-state index is 9.85. The van der Waals surface area contributed by atoms with Gasteiger partial charge in [0.15, 0.2) is 5.84 Å². The van der Waals surface area contributed by atoms with Crippen molar-refractivity contribution in [1.82, 2.24) is 0 Å². The second-order valence-electron chi connectivity index (χ2n) is 6.20. The van der Waals surface area contributed by atoms with Gasteiger partial charge in [0.05, 0.1) is 11.8 Å². The van der Waals surface area contributed by atoms with Gasteiger partial charge in [0.25, 0.3) is 0 Å². The number of amidine groups is 1. The van der Waals surface area contributed by atoms with Crippen LogP contribution < -0.4 is 0 Å². The fraction of sp³-hybridized carbons (Fsp3) is 0.0909. The second-order valence-corrected chi connectivity index (χ2v) is 7.12. The first kappa shape index (κ1) is 16.7. The van der Waals surface area contributed by atoms with Crippen molar-refractivity contribution in [2.24, 2.45) is 9.98 Å². The van der Waals surface area contributed by atoms with E-state index in [1.807, 2.05) is 54.6 Å². The van der Waals surface area contributed by atoms with E-state index in [-0.39, 0.29) is 11.8 Å². The topological polar surface area (TPSA) is 45.0 Å². The molecule has 4 heteroatoms. The highest BCUT2D eigenvalue weighted by Gasteiger charge is 2.22. The molecule has 1 atom stereocenters. The molecular weight excluding hydrogens is 388 g/mol. The smallest absolute Gasteiger partial charge is 0.155 e. The van der Waals surface area contributed by atoms with Crippen molar-refractivity contribution in [2.75, 3.05) is 0 Å². The van der Waals surface area contributed by atoms with Crippen molar-refractivity contribution in [3.05, 3.63) is 100 Å². The summed E-state index contributed by atoms with van der Waals surface area (Å²) in [7, 11) is 0. The third-order valence-corrected chi connectivity index (χ3v) is 4.84. The zero-order chi connectivity index (χ0) is 17.9. The first-order chi connectivity index (χ1) is 12.7. The maximum absolute atomic E-state index is 9.85. The summed E-state index contributed by atoms with van der Waals surface area (Å²) in [5, 5.41) is 9.85. The number of aromatic hydroxyl groups is 1. The van der Waals surface area contributed by atoms with Gasteiger partial charge >= 0.3 is 0 Å². The van der Waals surface area contributed by atoms with Gasteiger partial charge in [0.2, 0.25) is 0 Å². The minimum Gasteiger partial charge on any atom is -0.508 e. The van der Waals surface area contributed by atoms with Gasteiger partial charge in [-0.15, -0.1) is 0 Å². The normalized spacial score (nSPS) is 16.7. The van der Waals surface area contributed by atoms with Gasteiger partial charge in [-0.1, -0.05) is 70.5 Å². The predicted molar refractivity (Wildman–Crippen MR) is 109 cm³/mol. The average Bonchev–Trinajstić information content (AvgIpc) is 2.68. The molecule has 0 spiro atoms. The van der Waals surface area contributed by atoms with Gasteiger partial charge in [-0.05, 0) is 35.4 Å². The summed E-state index contributed by atoms with van der Waals surface area (Å²) < 4.78 is 1.04. The molecule has 3 aromatic rings. The van der Waals surface area contributed by atoms with Crippen molar-refractivity contribution in [1.29, 1.82) is 0 Å². The lowest BCUT2D eigenvalue weighted by Gasteiger charge is -2.21. The van der Waals surface area contributed by atoms with Crippen LogP contribution in [0.3, 0.4) is 0 Å². The van der Waals surface area contributed by atoms with Gasteiger partial charge in [0, 0.05) is 16.5 Å². The number of hydrogen-bond donors (Lipinski definition) is 1. The summed E-state index contributed by atoms with van der Waals surface area (Å²) >= 11 is 3.55. The van der Waals surface area contributed by atoms with E-state index in [1.165, 1.54) is 0 Å². The van der Waals surface area contributed by atoms with E-state index in [4.69, 9.17) is 9.98 Å². The highest BCUT2D eigenvalue weighted by Crippen LogP contribution is 2.30. The molecule has 3 aromatic carbocycles. The predicted octanol–water partition coefficient (Wildman–Crippen LogP) is 5.54. The summed E-state index contributed by atoms with van der Waals surface area (Å²) in [6.07, 6.45) is 0.691. The Bertz CT molecular complexity index is 996. The Balaban J connectivity index is 1.80. The van der Waals surface area contributed by atoms with E-state index < -0.39 is 0 Å². The molecule has 3 nitrogen and oxygen atoms in total. The monoisotopic (exact) mass is 404 g/mol. The maximum Gasteiger partial charge on any atom is 0.155 e. The fourth-order valence-electron chi connectivity index (χ4n) is 3.08. The van der Waals surface area contributed by atoms with Crippen molar-refractivity contribution in [2.45, 2.75) is 12.5 Å². The van der Waals surface area contributed by atoms with Gasteiger partial charge in [-0.2, -0.15) is 0 Å². The van der Waals surface area contributed by atoms with E-state index in [0.29, 0.717) is 6.42 Å². The molecule has 0 saturated heterocycles. The third kappa shape index (κ3) is 3.60. The highest BCUT2D eigenvalue weighted by atomic mass is 79.9. The molecule has 0 bridgehead atoms. The fourth-order valence-corrected chi connectivity index (χ4v) is 3.50. The lowest BCUT2D eigenvalue weighted by molar-refractivity contribution is 0.475. The third-order valence-electron chi connectivity index (χ3n) is 4.35. The molecule has 1 aliphatic heterocycles. The molecule has 1 N–H and O–H groups in total. The molecule has 0 aromatic heterocycles. The Morgan fingerprint density at radius 1 is 0.846 bits per heavy atom. The van der Waals surface area contributed by atoms with E-state index >= 15 is 0 Å². The highest BCUT2D eigenvalue weighted by molar-refractivity contribution is 9.10. The lowest BCUT2D eigenvalue weighted by atomic mass is 9.95. The van der Waals surface area contributed by atoms with Gasteiger partial charge < -0.3 is 5.11 Å². The Labute approximate surface area is 160 Å². The minimum atomic E-state index is -0.0162. The molecule has 0 aliphatic carbocycles. The molecule has 0 saturated carbocycles. The van der Waals surface area contributed by atoms with Crippen LogP contribution in [0.1, 0.15) is 29.2 Å². The Morgan fingerprint density at radius 2 is 1.62 bits per heavy atom. The molecule has 4 rings (SSSR count). The zero-order valence-electron chi connectivity index (χ0n) is 14.0. The van der Waals surface area contributed by atoms with Crippen molar-refractivity contribution >= 4 is 27.5 Å². The summed E-state index contributed by atoms with van der Waals surface area (Å²) in [5.41, 5.74) is 3.98. The number of hydrogen-bond acceptors (Lipinski definition) is 3. The van der Waals surface area contributed by atoms with Crippen LogP contribution in [0.2, 0.25) is 0 Å².